The van der Waals surface area contributed by atoms with Crippen LogP contribution in [0.4, 0.5) is 24.7 Å². The number of halogens is 3. The number of benzene rings is 2. The maximum absolute atomic E-state index is 13.3. The molecule has 1 aliphatic heterocycles. The van der Waals surface area contributed by atoms with E-state index < -0.39 is 28.8 Å². The van der Waals surface area contributed by atoms with E-state index in [9.17, 15) is 27.6 Å². The zero-order chi connectivity index (χ0) is 26.7. The van der Waals surface area contributed by atoms with Crippen molar-refractivity contribution in [2.75, 3.05) is 43.4 Å². The predicted molar refractivity (Wildman–Crippen MR) is 135 cm³/mol. The Morgan fingerprint density at radius 3 is 2.24 bits per heavy atom. The lowest BCUT2D eigenvalue weighted by atomic mass is 10.1. The summed E-state index contributed by atoms with van der Waals surface area (Å²) in [6.45, 7) is 3.40. The average Bonchev–Trinajstić information content (AvgIpc) is 2.87. The van der Waals surface area contributed by atoms with Crippen molar-refractivity contribution in [3.8, 4) is 0 Å². The first-order valence-corrected chi connectivity index (χ1v) is 11.9. The lowest BCUT2D eigenvalue weighted by Gasteiger charge is -2.36. The van der Waals surface area contributed by atoms with Crippen molar-refractivity contribution in [2.24, 2.45) is 0 Å². The van der Waals surface area contributed by atoms with Crippen LogP contribution in [-0.4, -0.2) is 52.5 Å². The van der Waals surface area contributed by atoms with Crippen LogP contribution in [0.15, 0.2) is 64.2 Å². The topological polar surface area (TPSA) is 93.6 Å². The Bertz CT molecular complexity index is 1390. The van der Waals surface area contributed by atoms with Crippen molar-refractivity contribution in [1.29, 1.82) is 0 Å². The molecule has 8 nitrogen and oxygen atoms in total. The lowest BCUT2D eigenvalue weighted by molar-refractivity contribution is -0.137. The van der Waals surface area contributed by atoms with Crippen LogP contribution < -0.4 is 21.9 Å². The number of alkyl halides is 3. The fourth-order valence-corrected chi connectivity index (χ4v) is 4.50. The maximum Gasteiger partial charge on any atom is 0.416 e. The van der Waals surface area contributed by atoms with E-state index in [1.165, 1.54) is 10.6 Å². The minimum absolute atomic E-state index is 0.0860. The summed E-state index contributed by atoms with van der Waals surface area (Å²) >= 11 is 0. The summed E-state index contributed by atoms with van der Waals surface area (Å²) < 4.78 is 41.5. The molecule has 0 amide bonds. The molecule has 4 rings (SSSR count). The Kier molecular flexibility index (Phi) is 7.53. The van der Waals surface area contributed by atoms with Gasteiger partial charge < -0.3 is 10.6 Å². The molecule has 0 atom stereocenters. The summed E-state index contributed by atoms with van der Waals surface area (Å²) in [4.78, 5) is 42.8. The predicted octanol–water partition coefficient (Wildman–Crippen LogP) is 2.68. The third-order valence-corrected chi connectivity index (χ3v) is 6.52. The highest BCUT2D eigenvalue weighted by Gasteiger charge is 2.31. The molecule has 2 heterocycles. The van der Waals surface area contributed by atoms with Crippen LogP contribution in [0.3, 0.4) is 0 Å². The molecule has 37 heavy (non-hydrogen) atoms. The molecule has 11 heteroatoms. The highest BCUT2D eigenvalue weighted by molar-refractivity contribution is 6.01. The van der Waals surface area contributed by atoms with Crippen molar-refractivity contribution in [2.45, 2.75) is 26.2 Å². The van der Waals surface area contributed by atoms with E-state index in [4.69, 9.17) is 5.73 Å². The third kappa shape index (κ3) is 5.61. The number of nitrogens with two attached hydrogens (primary N) is 1. The number of rotatable bonds is 7. The van der Waals surface area contributed by atoms with Gasteiger partial charge in [0.25, 0.3) is 5.56 Å². The quantitative estimate of drug-likeness (QED) is 0.487. The molecule has 196 valence electrons. The molecule has 0 unspecified atom stereocenters. The molecule has 2 N–H and O–H groups in total. The first-order chi connectivity index (χ1) is 17.6. The maximum atomic E-state index is 13.3. The summed E-state index contributed by atoms with van der Waals surface area (Å²) in [5.41, 5.74) is 5.23. The van der Waals surface area contributed by atoms with Crippen LogP contribution in [0.2, 0.25) is 0 Å². The lowest BCUT2D eigenvalue weighted by Crippen LogP contribution is -2.49. The molecule has 3 aromatic rings. The van der Waals surface area contributed by atoms with Crippen LogP contribution in [0.5, 0.6) is 0 Å². The van der Waals surface area contributed by atoms with E-state index in [-0.39, 0.29) is 31.0 Å². The largest absolute Gasteiger partial charge is 0.416 e. The summed E-state index contributed by atoms with van der Waals surface area (Å²) in [6, 6.07) is 14.3. The normalized spacial score (nSPS) is 14.6. The Morgan fingerprint density at radius 2 is 1.62 bits per heavy atom. The van der Waals surface area contributed by atoms with Crippen LogP contribution >= 0.6 is 0 Å². The van der Waals surface area contributed by atoms with Gasteiger partial charge in [0.05, 0.1) is 18.7 Å². The summed E-state index contributed by atoms with van der Waals surface area (Å²) in [5, 5.41) is 0. The smallest absolute Gasteiger partial charge is 0.384 e. The molecular formula is C26H28F3N5O3. The zero-order valence-corrected chi connectivity index (χ0v) is 20.4. The van der Waals surface area contributed by atoms with Crippen molar-refractivity contribution < 1.29 is 18.0 Å². The number of Topliss-reactive ketones (excluding diaryl/α,β-unsaturated/α-hetero) is 1. The Hall–Kier alpha value is -3.86. The van der Waals surface area contributed by atoms with Gasteiger partial charge in [-0.15, -0.1) is 0 Å². The molecule has 0 aliphatic carbocycles. The number of anilines is 2. The third-order valence-electron chi connectivity index (χ3n) is 6.52. The van der Waals surface area contributed by atoms with Crippen molar-refractivity contribution in [3.05, 3.63) is 92.1 Å². The molecule has 1 aliphatic rings. The summed E-state index contributed by atoms with van der Waals surface area (Å²) in [6.07, 6.45) is -4.42. The SMILES string of the molecule is CCn1c(=O)c(C(=O)CN2CCN(c3cccc(C(F)(F)F)c3)CC2)c(N)n(Cc2ccccc2)c1=O. The minimum Gasteiger partial charge on any atom is -0.384 e. The molecule has 0 radical (unpaired) electrons. The molecule has 0 saturated carbocycles. The van der Waals surface area contributed by atoms with Crippen LogP contribution in [0, 0.1) is 0 Å². The Labute approximate surface area is 211 Å². The number of nitrogens with zero attached hydrogens (tertiary/aromatic N) is 4. The van der Waals surface area contributed by atoms with E-state index in [2.05, 4.69) is 0 Å². The molecule has 0 bridgehead atoms. The van der Waals surface area contributed by atoms with Gasteiger partial charge in [-0.25, -0.2) is 4.79 Å². The van der Waals surface area contributed by atoms with Crippen LogP contribution in [-0.2, 0) is 19.3 Å². The second-order valence-electron chi connectivity index (χ2n) is 8.90. The highest BCUT2D eigenvalue weighted by Crippen LogP contribution is 2.31. The van der Waals surface area contributed by atoms with E-state index in [1.54, 1.807) is 13.0 Å². The van der Waals surface area contributed by atoms with Gasteiger partial charge >= 0.3 is 11.9 Å². The molecular weight excluding hydrogens is 487 g/mol. The highest BCUT2D eigenvalue weighted by atomic mass is 19.4. The Balaban J connectivity index is 1.51. The average molecular weight is 516 g/mol. The van der Waals surface area contributed by atoms with Gasteiger partial charge in [-0.1, -0.05) is 36.4 Å². The molecule has 1 saturated heterocycles. The number of nitrogen functional groups attached to an aromatic ring is 1. The minimum atomic E-state index is -4.42. The van der Waals surface area contributed by atoms with E-state index in [1.807, 2.05) is 40.1 Å². The van der Waals surface area contributed by atoms with Crippen molar-refractivity contribution in [1.82, 2.24) is 14.0 Å². The number of hydrogen-bond donors (Lipinski definition) is 1. The van der Waals surface area contributed by atoms with E-state index in [0.29, 0.717) is 31.9 Å². The standard InChI is InChI=1S/C26H28F3N5O3/c1-2-33-24(36)22(23(30)34(25(33)37)16-18-7-4-3-5-8-18)21(35)17-31-11-13-32(14-12-31)20-10-6-9-19(15-20)26(27,28)29/h3-10,15H,2,11-14,16-17,30H2,1H3. The molecule has 0 spiro atoms. The number of ketones is 1. The number of hydrogen-bond acceptors (Lipinski definition) is 6. The van der Waals surface area contributed by atoms with Crippen LogP contribution in [0.1, 0.15) is 28.4 Å². The van der Waals surface area contributed by atoms with Gasteiger partial charge in [-0.05, 0) is 30.7 Å². The van der Waals surface area contributed by atoms with Gasteiger partial charge in [-0.3, -0.25) is 23.6 Å². The zero-order valence-electron chi connectivity index (χ0n) is 20.4. The van der Waals surface area contributed by atoms with Crippen molar-refractivity contribution in [3.63, 3.8) is 0 Å². The van der Waals surface area contributed by atoms with Gasteiger partial charge in [0.15, 0.2) is 5.78 Å². The second kappa shape index (κ2) is 10.6. The number of carbonyl (C=O) groups is 1. The molecule has 1 fully saturated rings. The number of aromatic nitrogens is 2. The molecule has 1 aromatic heterocycles. The summed E-state index contributed by atoms with van der Waals surface area (Å²) in [7, 11) is 0. The van der Waals surface area contributed by atoms with Crippen LogP contribution in [0.25, 0.3) is 0 Å². The van der Waals surface area contributed by atoms with E-state index in [0.717, 1.165) is 22.3 Å². The fraction of sp³-hybridized carbons (Fsp3) is 0.346. The Morgan fingerprint density at radius 1 is 0.946 bits per heavy atom. The van der Waals surface area contributed by atoms with Crippen molar-refractivity contribution >= 4 is 17.3 Å². The van der Waals surface area contributed by atoms with Gasteiger partial charge in [0.2, 0.25) is 0 Å². The summed E-state index contributed by atoms with van der Waals surface area (Å²) in [5.74, 6) is -0.671. The molecule has 2 aromatic carbocycles. The van der Waals surface area contributed by atoms with Gasteiger partial charge in [0, 0.05) is 38.4 Å². The van der Waals surface area contributed by atoms with E-state index >= 15 is 0 Å². The fourth-order valence-electron chi connectivity index (χ4n) is 4.50. The first kappa shape index (κ1) is 26.2. The second-order valence-corrected chi connectivity index (χ2v) is 8.90. The first-order valence-electron chi connectivity index (χ1n) is 11.9. The number of carbonyl (C=O) groups excluding carboxylic acids is 1. The number of piperazine rings is 1. The van der Waals surface area contributed by atoms with Gasteiger partial charge in [0.1, 0.15) is 11.4 Å². The monoisotopic (exact) mass is 515 g/mol. The van der Waals surface area contributed by atoms with Gasteiger partial charge in [-0.2, -0.15) is 13.2 Å².